The molecule has 0 aliphatic rings. The molecule has 0 amide bonds. The van der Waals surface area contributed by atoms with Gasteiger partial charge in [0.05, 0.1) is 17.8 Å². The van der Waals surface area contributed by atoms with E-state index in [1.54, 1.807) is 31.4 Å². The van der Waals surface area contributed by atoms with Gasteiger partial charge in [-0.25, -0.2) is 8.42 Å². The van der Waals surface area contributed by atoms with Crippen LogP contribution in [0.5, 0.6) is 5.75 Å². The van der Waals surface area contributed by atoms with Gasteiger partial charge in [-0.15, -0.1) is 0 Å². The Morgan fingerprint density at radius 1 is 1.12 bits per heavy atom. The quantitative estimate of drug-likeness (QED) is 0.720. The highest BCUT2D eigenvalue weighted by atomic mass is 32.2. The van der Waals surface area contributed by atoms with Crippen LogP contribution < -0.4 is 4.74 Å². The predicted octanol–water partition coefficient (Wildman–Crippen LogP) is 2.66. The summed E-state index contributed by atoms with van der Waals surface area (Å²) in [5.41, 5.74) is 0. The molecule has 0 fully saturated rings. The largest absolute Gasteiger partial charge is 0.497 e. The molecule has 90 valence electrons. The standard InChI is InChI=1S/C12H18O3S/c1-3-4-5-10-16(13,14)12-8-6-11(15-2)7-9-12/h6-9H,3-5,10H2,1-2H3. The van der Waals surface area contributed by atoms with E-state index in [9.17, 15) is 8.42 Å². The molecule has 0 unspecified atom stereocenters. The second-order valence-electron chi connectivity index (χ2n) is 3.70. The van der Waals surface area contributed by atoms with E-state index in [0.29, 0.717) is 10.6 Å². The molecule has 16 heavy (non-hydrogen) atoms. The molecule has 1 aromatic rings. The van der Waals surface area contributed by atoms with Gasteiger partial charge < -0.3 is 4.74 Å². The van der Waals surface area contributed by atoms with E-state index in [4.69, 9.17) is 4.74 Å². The van der Waals surface area contributed by atoms with Crippen LogP contribution in [0.2, 0.25) is 0 Å². The number of rotatable bonds is 6. The van der Waals surface area contributed by atoms with E-state index in [2.05, 4.69) is 6.92 Å². The maximum Gasteiger partial charge on any atom is 0.178 e. The van der Waals surface area contributed by atoms with Crippen LogP contribution >= 0.6 is 0 Å². The Labute approximate surface area is 97.4 Å². The summed E-state index contributed by atoms with van der Waals surface area (Å²) < 4.78 is 28.7. The van der Waals surface area contributed by atoms with Crippen molar-refractivity contribution >= 4 is 9.84 Å². The number of hydrogen-bond acceptors (Lipinski definition) is 3. The van der Waals surface area contributed by atoms with E-state index in [-0.39, 0.29) is 5.75 Å². The van der Waals surface area contributed by atoms with Crippen molar-refractivity contribution in [1.29, 1.82) is 0 Å². The molecule has 0 atom stereocenters. The first kappa shape index (κ1) is 13.0. The third kappa shape index (κ3) is 3.52. The van der Waals surface area contributed by atoms with Crippen molar-refractivity contribution in [2.24, 2.45) is 0 Å². The maximum absolute atomic E-state index is 11.9. The lowest BCUT2D eigenvalue weighted by Crippen LogP contribution is -2.06. The molecule has 0 saturated heterocycles. The van der Waals surface area contributed by atoms with Gasteiger partial charge in [-0.2, -0.15) is 0 Å². The fourth-order valence-corrected chi connectivity index (χ4v) is 2.81. The van der Waals surface area contributed by atoms with Gasteiger partial charge in [-0.1, -0.05) is 19.8 Å². The second kappa shape index (κ2) is 5.89. The van der Waals surface area contributed by atoms with Crippen LogP contribution in [0.4, 0.5) is 0 Å². The van der Waals surface area contributed by atoms with Crippen molar-refractivity contribution in [2.75, 3.05) is 12.9 Å². The number of methoxy groups -OCH3 is 1. The molecule has 1 aromatic carbocycles. The van der Waals surface area contributed by atoms with Gasteiger partial charge in [0.15, 0.2) is 9.84 Å². The van der Waals surface area contributed by atoms with Gasteiger partial charge in [-0.3, -0.25) is 0 Å². The normalized spacial score (nSPS) is 11.4. The first-order valence-corrected chi connectivity index (χ1v) is 7.12. The molecule has 0 saturated carbocycles. The predicted molar refractivity (Wildman–Crippen MR) is 64.6 cm³/mol. The zero-order valence-corrected chi connectivity index (χ0v) is 10.6. The molecule has 0 aliphatic carbocycles. The smallest absolute Gasteiger partial charge is 0.178 e. The minimum absolute atomic E-state index is 0.229. The number of ether oxygens (including phenoxy) is 1. The third-order valence-corrected chi connectivity index (χ3v) is 4.25. The van der Waals surface area contributed by atoms with Crippen molar-refractivity contribution < 1.29 is 13.2 Å². The molecule has 4 heteroatoms. The molecule has 0 heterocycles. The highest BCUT2D eigenvalue weighted by Crippen LogP contribution is 2.17. The first-order valence-electron chi connectivity index (χ1n) is 5.47. The number of sulfone groups is 1. The van der Waals surface area contributed by atoms with Crippen molar-refractivity contribution in [2.45, 2.75) is 31.1 Å². The third-order valence-electron chi connectivity index (χ3n) is 2.44. The molecule has 0 aromatic heterocycles. The zero-order valence-electron chi connectivity index (χ0n) is 9.77. The summed E-state index contributed by atoms with van der Waals surface area (Å²) in [4.78, 5) is 0.379. The summed E-state index contributed by atoms with van der Waals surface area (Å²) >= 11 is 0. The number of unbranched alkanes of at least 4 members (excludes halogenated alkanes) is 2. The molecule has 1 rings (SSSR count). The van der Waals surface area contributed by atoms with E-state index in [1.165, 1.54) is 0 Å². The van der Waals surface area contributed by atoms with Gasteiger partial charge >= 0.3 is 0 Å². The number of hydrogen-bond donors (Lipinski definition) is 0. The van der Waals surface area contributed by atoms with Gasteiger partial charge in [-0.05, 0) is 30.7 Å². The molecule has 3 nitrogen and oxygen atoms in total. The van der Waals surface area contributed by atoms with E-state index in [0.717, 1.165) is 19.3 Å². The fourth-order valence-electron chi connectivity index (χ4n) is 1.44. The molecular formula is C12H18O3S. The summed E-state index contributed by atoms with van der Waals surface area (Å²) in [7, 11) is -1.55. The van der Waals surface area contributed by atoms with Crippen LogP contribution in [0.3, 0.4) is 0 Å². The Hall–Kier alpha value is -1.03. The van der Waals surface area contributed by atoms with Crippen LogP contribution in [0.15, 0.2) is 29.2 Å². The topological polar surface area (TPSA) is 43.4 Å². The van der Waals surface area contributed by atoms with Crippen molar-refractivity contribution in [3.8, 4) is 5.75 Å². The van der Waals surface area contributed by atoms with Crippen LogP contribution in [-0.4, -0.2) is 21.3 Å². The average molecular weight is 242 g/mol. The summed E-state index contributed by atoms with van der Waals surface area (Å²) in [6, 6.07) is 6.54. The maximum atomic E-state index is 11.9. The average Bonchev–Trinajstić information content (AvgIpc) is 2.29. The van der Waals surface area contributed by atoms with Crippen LogP contribution in [0.25, 0.3) is 0 Å². The monoisotopic (exact) mass is 242 g/mol. The molecular weight excluding hydrogens is 224 g/mol. The van der Waals surface area contributed by atoms with Crippen LogP contribution in [0, 0.1) is 0 Å². The van der Waals surface area contributed by atoms with Gasteiger partial charge in [0.25, 0.3) is 0 Å². The van der Waals surface area contributed by atoms with E-state index < -0.39 is 9.84 Å². The summed E-state index contributed by atoms with van der Waals surface area (Å²) in [6.45, 7) is 2.06. The first-order chi connectivity index (χ1) is 7.60. The Morgan fingerprint density at radius 3 is 2.25 bits per heavy atom. The van der Waals surface area contributed by atoms with Gasteiger partial charge in [0, 0.05) is 0 Å². The van der Waals surface area contributed by atoms with Crippen molar-refractivity contribution in [1.82, 2.24) is 0 Å². The van der Waals surface area contributed by atoms with Gasteiger partial charge in [0.2, 0.25) is 0 Å². The summed E-state index contributed by atoms with van der Waals surface area (Å²) in [5.74, 6) is 0.903. The molecule has 0 bridgehead atoms. The lowest BCUT2D eigenvalue weighted by molar-refractivity contribution is 0.414. The highest BCUT2D eigenvalue weighted by Gasteiger charge is 2.13. The Balaban J connectivity index is 2.74. The van der Waals surface area contributed by atoms with Crippen molar-refractivity contribution in [3.63, 3.8) is 0 Å². The Morgan fingerprint density at radius 2 is 1.75 bits per heavy atom. The van der Waals surface area contributed by atoms with Crippen LogP contribution in [0.1, 0.15) is 26.2 Å². The Bertz CT molecular complexity index is 406. The molecule has 0 spiro atoms. The van der Waals surface area contributed by atoms with Crippen molar-refractivity contribution in [3.05, 3.63) is 24.3 Å². The second-order valence-corrected chi connectivity index (χ2v) is 5.81. The minimum atomic E-state index is -3.11. The fraction of sp³-hybridized carbons (Fsp3) is 0.500. The minimum Gasteiger partial charge on any atom is -0.497 e. The molecule has 0 aliphatic heterocycles. The number of benzene rings is 1. The lowest BCUT2D eigenvalue weighted by atomic mass is 10.3. The Kier molecular flexibility index (Phi) is 4.80. The van der Waals surface area contributed by atoms with E-state index in [1.807, 2.05) is 0 Å². The van der Waals surface area contributed by atoms with E-state index >= 15 is 0 Å². The SMILES string of the molecule is CCCCCS(=O)(=O)c1ccc(OC)cc1. The lowest BCUT2D eigenvalue weighted by Gasteiger charge is -2.05. The summed E-state index contributed by atoms with van der Waals surface area (Å²) in [6.07, 6.45) is 2.71. The summed E-state index contributed by atoms with van der Waals surface area (Å²) in [5, 5.41) is 0. The van der Waals surface area contributed by atoms with Gasteiger partial charge in [0.1, 0.15) is 5.75 Å². The molecule has 0 radical (unpaired) electrons. The zero-order chi connectivity index (χ0) is 12.0. The highest BCUT2D eigenvalue weighted by molar-refractivity contribution is 7.91. The van der Waals surface area contributed by atoms with Crippen LogP contribution in [-0.2, 0) is 9.84 Å². The molecule has 0 N–H and O–H groups in total.